The molecule has 0 bridgehead atoms. The Morgan fingerprint density at radius 3 is 2.62 bits per heavy atom. The van der Waals surface area contributed by atoms with Crippen LogP contribution in [0, 0.1) is 5.92 Å². The van der Waals surface area contributed by atoms with Gasteiger partial charge in [-0.1, -0.05) is 48.5 Å². The quantitative estimate of drug-likeness (QED) is 0.669. The van der Waals surface area contributed by atoms with Gasteiger partial charge in [0, 0.05) is 26.2 Å². The lowest BCUT2D eigenvalue weighted by Gasteiger charge is -2.19. The first kappa shape index (κ1) is 19.4. The molecule has 1 aromatic heterocycles. The number of hydrogen-bond acceptors (Lipinski definition) is 4. The van der Waals surface area contributed by atoms with Crippen molar-refractivity contribution in [1.82, 2.24) is 15.1 Å². The molecule has 1 aliphatic heterocycles. The molecule has 0 aliphatic carbocycles. The van der Waals surface area contributed by atoms with Crippen molar-refractivity contribution in [2.75, 3.05) is 20.3 Å². The maximum absolute atomic E-state index is 12.9. The van der Waals surface area contributed by atoms with Gasteiger partial charge in [-0.05, 0) is 24.1 Å². The van der Waals surface area contributed by atoms with E-state index in [1.807, 2.05) is 48.5 Å². The summed E-state index contributed by atoms with van der Waals surface area (Å²) >= 11 is 0. The second-order valence-corrected chi connectivity index (χ2v) is 7.15. The van der Waals surface area contributed by atoms with Gasteiger partial charge in [0.25, 0.3) is 5.91 Å². The highest BCUT2D eigenvalue weighted by Gasteiger charge is 2.30. The van der Waals surface area contributed by atoms with Crippen LogP contribution in [-0.2, 0) is 16.1 Å². The summed E-state index contributed by atoms with van der Waals surface area (Å²) in [6, 6.07) is 19.9. The third-order valence-corrected chi connectivity index (χ3v) is 5.26. The van der Waals surface area contributed by atoms with E-state index in [9.17, 15) is 4.79 Å². The molecule has 6 nitrogen and oxygen atoms in total. The van der Waals surface area contributed by atoms with E-state index >= 15 is 0 Å². The van der Waals surface area contributed by atoms with Crippen molar-refractivity contribution in [2.45, 2.75) is 19.1 Å². The number of benzene rings is 2. The Balaban J connectivity index is 1.48. The predicted molar refractivity (Wildman–Crippen MR) is 110 cm³/mol. The number of aromatic nitrogens is 2. The Morgan fingerprint density at radius 2 is 1.90 bits per heavy atom. The Hall–Kier alpha value is -2.96. The number of carbonyl (C=O) groups excluding carboxylic acids is 1. The Bertz CT molecular complexity index is 941. The Kier molecular flexibility index (Phi) is 6.03. The average molecular weight is 391 g/mol. The van der Waals surface area contributed by atoms with Crippen molar-refractivity contribution >= 4 is 5.91 Å². The molecular weight excluding hydrogens is 366 g/mol. The number of ether oxygens (including phenoxy) is 2. The van der Waals surface area contributed by atoms with Crippen LogP contribution in [0.5, 0.6) is 0 Å². The van der Waals surface area contributed by atoms with Gasteiger partial charge in [0.1, 0.15) is 0 Å². The smallest absolute Gasteiger partial charge is 0.254 e. The van der Waals surface area contributed by atoms with Gasteiger partial charge in [0.2, 0.25) is 0 Å². The lowest BCUT2D eigenvalue weighted by atomic mass is 9.95. The number of para-hydroxylation sites is 1. The minimum absolute atomic E-state index is 0.0157. The second-order valence-electron chi connectivity index (χ2n) is 7.15. The molecule has 1 amide bonds. The summed E-state index contributed by atoms with van der Waals surface area (Å²) in [5.41, 5.74) is 3.32. The summed E-state index contributed by atoms with van der Waals surface area (Å²) in [6.45, 7) is 1.57. The van der Waals surface area contributed by atoms with Crippen LogP contribution in [0.1, 0.15) is 34.1 Å². The average Bonchev–Trinajstić information content (AvgIpc) is 3.41. The maximum atomic E-state index is 12.9. The lowest BCUT2D eigenvalue weighted by molar-refractivity contribution is 0.0844. The van der Waals surface area contributed by atoms with Crippen LogP contribution < -0.4 is 5.32 Å². The first-order valence-electron chi connectivity index (χ1n) is 9.84. The molecule has 2 heterocycles. The number of carbonyl (C=O) groups is 1. The molecule has 1 saturated heterocycles. The summed E-state index contributed by atoms with van der Waals surface area (Å²) in [5.74, 6) is 0.106. The van der Waals surface area contributed by atoms with Crippen LogP contribution in [0.25, 0.3) is 5.69 Å². The third kappa shape index (κ3) is 4.23. The van der Waals surface area contributed by atoms with Crippen molar-refractivity contribution in [1.29, 1.82) is 0 Å². The third-order valence-electron chi connectivity index (χ3n) is 5.26. The minimum atomic E-state index is -0.141. The van der Waals surface area contributed by atoms with Gasteiger partial charge in [0.15, 0.2) is 0 Å². The summed E-state index contributed by atoms with van der Waals surface area (Å²) in [7, 11) is 1.62. The highest BCUT2D eigenvalue weighted by molar-refractivity contribution is 5.95. The number of rotatable bonds is 7. The number of nitrogens with zero attached hydrogens (tertiary/aromatic N) is 2. The number of methoxy groups -OCH3 is 1. The SMILES string of the molecule is COCc1c(C(=O)NC[C@@H]2CCO[C@H]2c2ccccc2)cnn1-c1ccccc1. The van der Waals surface area contributed by atoms with E-state index in [4.69, 9.17) is 9.47 Å². The number of hydrogen-bond donors (Lipinski definition) is 1. The molecular formula is C23H25N3O3. The number of nitrogens with one attached hydrogen (secondary N) is 1. The van der Waals surface area contributed by atoms with Gasteiger partial charge >= 0.3 is 0 Å². The molecule has 1 aliphatic rings. The van der Waals surface area contributed by atoms with Gasteiger partial charge in [-0.15, -0.1) is 0 Å². The summed E-state index contributed by atoms with van der Waals surface area (Å²) in [6.07, 6.45) is 2.55. The molecule has 4 rings (SSSR count). The van der Waals surface area contributed by atoms with Crippen molar-refractivity contribution in [2.24, 2.45) is 5.92 Å². The fourth-order valence-corrected chi connectivity index (χ4v) is 3.80. The fourth-order valence-electron chi connectivity index (χ4n) is 3.80. The van der Waals surface area contributed by atoms with Gasteiger partial charge in [-0.2, -0.15) is 5.10 Å². The Labute approximate surface area is 170 Å². The first-order valence-corrected chi connectivity index (χ1v) is 9.84. The van der Waals surface area contributed by atoms with Crippen LogP contribution in [0.2, 0.25) is 0 Å². The molecule has 1 N–H and O–H groups in total. The largest absolute Gasteiger partial charge is 0.378 e. The summed E-state index contributed by atoms with van der Waals surface area (Å²) < 4.78 is 13.0. The monoisotopic (exact) mass is 391 g/mol. The molecule has 0 spiro atoms. The van der Waals surface area contributed by atoms with E-state index in [1.54, 1.807) is 18.0 Å². The maximum Gasteiger partial charge on any atom is 0.254 e. The van der Waals surface area contributed by atoms with Crippen molar-refractivity contribution in [3.05, 3.63) is 83.7 Å². The highest BCUT2D eigenvalue weighted by atomic mass is 16.5. The van der Waals surface area contributed by atoms with E-state index in [2.05, 4.69) is 22.5 Å². The van der Waals surface area contributed by atoms with E-state index in [0.29, 0.717) is 25.3 Å². The molecule has 150 valence electrons. The molecule has 29 heavy (non-hydrogen) atoms. The zero-order chi connectivity index (χ0) is 20.1. The zero-order valence-corrected chi connectivity index (χ0v) is 16.5. The van der Waals surface area contributed by atoms with Gasteiger partial charge in [-0.3, -0.25) is 4.79 Å². The normalized spacial score (nSPS) is 18.7. The predicted octanol–water partition coefficient (Wildman–Crippen LogP) is 3.53. The summed E-state index contributed by atoms with van der Waals surface area (Å²) in [5, 5.41) is 7.50. The van der Waals surface area contributed by atoms with Crippen LogP contribution in [0.4, 0.5) is 0 Å². The van der Waals surface area contributed by atoms with Crippen molar-refractivity contribution in [3.8, 4) is 5.69 Å². The van der Waals surface area contributed by atoms with Gasteiger partial charge in [0.05, 0.1) is 35.9 Å². The topological polar surface area (TPSA) is 65.4 Å². The van der Waals surface area contributed by atoms with Crippen LogP contribution in [0.3, 0.4) is 0 Å². The number of amides is 1. The molecule has 3 aromatic rings. The van der Waals surface area contributed by atoms with E-state index in [1.165, 1.54) is 0 Å². The molecule has 1 fully saturated rings. The van der Waals surface area contributed by atoms with Gasteiger partial charge in [-0.25, -0.2) is 4.68 Å². The van der Waals surface area contributed by atoms with E-state index < -0.39 is 0 Å². The van der Waals surface area contributed by atoms with Crippen molar-refractivity contribution < 1.29 is 14.3 Å². The molecule has 0 saturated carbocycles. The van der Waals surface area contributed by atoms with Crippen LogP contribution >= 0.6 is 0 Å². The minimum Gasteiger partial charge on any atom is -0.378 e. The fraction of sp³-hybridized carbons (Fsp3) is 0.304. The molecule has 2 atom stereocenters. The summed E-state index contributed by atoms with van der Waals surface area (Å²) in [4.78, 5) is 12.9. The van der Waals surface area contributed by atoms with Crippen LogP contribution in [-0.4, -0.2) is 35.9 Å². The van der Waals surface area contributed by atoms with E-state index in [0.717, 1.165) is 23.4 Å². The van der Waals surface area contributed by atoms with E-state index in [-0.39, 0.29) is 17.9 Å². The van der Waals surface area contributed by atoms with Crippen LogP contribution in [0.15, 0.2) is 66.9 Å². The lowest BCUT2D eigenvalue weighted by Crippen LogP contribution is -2.31. The van der Waals surface area contributed by atoms with Gasteiger partial charge < -0.3 is 14.8 Å². The standard InChI is InChI=1S/C23H25N3O3/c1-28-16-21-20(15-25-26(21)19-10-6-3-7-11-19)23(27)24-14-18-12-13-29-22(18)17-8-4-2-5-9-17/h2-11,15,18,22H,12-14,16H2,1H3,(H,24,27)/t18-,22-/m0/s1. The Morgan fingerprint density at radius 1 is 1.17 bits per heavy atom. The van der Waals surface area contributed by atoms with Crippen molar-refractivity contribution in [3.63, 3.8) is 0 Å². The molecule has 6 heteroatoms. The molecule has 0 unspecified atom stereocenters. The zero-order valence-electron chi connectivity index (χ0n) is 16.5. The first-order chi connectivity index (χ1) is 14.3. The second kappa shape index (κ2) is 9.03. The highest BCUT2D eigenvalue weighted by Crippen LogP contribution is 2.34. The molecule has 0 radical (unpaired) electrons. The molecule has 2 aromatic carbocycles.